The lowest BCUT2D eigenvalue weighted by Crippen LogP contribution is -2.39. The Labute approximate surface area is 173 Å². The first kappa shape index (κ1) is 19.3. The summed E-state index contributed by atoms with van der Waals surface area (Å²) in [6.45, 7) is 6.43. The minimum absolute atomic E-state index is 0.00348. The van der Waals surface area contributed by atoms with E-state index in [1.165, 1.54) is 4.88 Å². The zero-order valence-corrected chi connectivity index (χ0v) is 17.6. The molecular formula is C22H23N5OS. The number of hydrogen-bond acceptors (Lipinski definition) is 5. The molecular weight excluding hydrogens is 382 g/mol. The van der Waals surface area contributed by atoms with Crippen molar-refractivity contribution in [2.75, 3.05) is 0 Å². The summed E-state index contributed by atoms with van der Waals surface area (Å²) in [5, 5.41) is 6.51. The number of nitrogens with zero attached hydrogens (tertiary/aromatic N) is 5. The number of carbonyl (C=O) groups excluding carboxylic acids is 1. The Bertz CT molecular complexity index is 1120. The van der Waals surface area contributed by atoms with Gasteiger partial charge in [0, 0.05) is 35.3 Å². The van der Waals surface area contributed by atoms with Gasteiger partial charge in [-0.15, -0.1) is 16.4 Å². The van der Waals surface area contributed by atoms with Crippen molar-refractivity contribution in [2.45, 2.75) is 39.8 Å². The van der Waals surface area contributed by atoms with E-state index < -0.39 is 0 Å². The Morgan fingerprint density at radius 2 is 1.93 bits per heavy atom. The summed E-state index contributed by atoms with van der Waals surface area (Å²) in [6.07, 6.45) is 0.792. The van der Waals surface area contributed by atoms with Gasteiger partial charge < -0.3 is 4.90 Å². The van der Waals surface area contributed by atoms with Crippen molar-refractivity contribution in [3.8, 4) is 0 Å². The quantitative estimate of drug-likeness (QED) is 0.485. The largest absolute Gasteiger partial charge is 0.328 e. The molecule has 1 aromatic carbocycles. The lowest BCUT2D eigenvalue weighted by Gasteiger charge is -2.28. The normalized spacial score (nSPS) is 12.2. The van der Waals surface area contributed by atoms with E-state index in [2.05, 4.69) is 33.4 Å². The molecule has 0 saturated heterocycles. The number of amides is 1. The summed E-state index contributed by atoms with van der Waals surface area (Å²) in [6, 6.07) is 16.1. The maximum atomic E-state index is 13.4. The predicted octanol–water partition coefficient (Wildman–Crippen LogP) is 4.08. The van der Waals surface area contributed by atoms with Crippen LogP contribution in [0.1, 0.15) is 39.4 Å². The van der Waals surface area contributed by atoms with Crippen LogP contribution in [0.3, 0.4) is 0 Å². The lowest BCUT2D eigenvalue weighted by atomic mass is 10.1. The standard InChI is InChI=1S/C22H23N5OS/c1-15-12-17(3)27-22(23-15)24-20(25-27)21(28)26(14-18-8-5-4-6-9-18)16(2)13-19-10-7-11-29-19/h4-12,16H,13-14H2,1-3H3/t16-/m1/s1. The van der Waals surface area contributed by atoms with Gasteiger partial charge in [0.1, 0.15) is 0 Å². The first-order chi connectivity index (χ1) is 14.0. The highest BCUT2D eigenvalue weighted by Gasteiger charge is 2.26. The first-order valence-corrected chi connectivity index (χ1v) is 10.5. The van der Waals surface area contributed by atoms with Crippen LogP contribution in [-0.2, 0) is 13.0 Å². The number of aromatic nitrogens is 4. The van der Waals surface area contributed by atoms with Gasteiger partial charge in [0.05, 0.1) is 0 Å². The molecule has 3 aromatic heterocycles. The molecule has 7 heteroatoms. The van der Waals surface area contributed by atoms with Crippen LogP contribution in [0, 0.1) is 13.8 Å². The molecule has 1 atom stereocenters. The molecule has 3 heterocycles. The van der Waals surface area contributed by atoms with E-state index in [4.69, 9.17) is 0 Å². The molecule has 0 aliphatic carbocycles. The van der Waals surface area contributed by atoms with Gasteiger partial charge in [-0.2, -0.15) is 4.98 Å². The predicted molar refractivity (Wildman–Crippen MR) is 114 cm³/mol. The fourth-order valence-corrected chi connectivity index (χ4v) is 4.25. The van der Waals surface area contributed by atoms with Crippen LogP contribution in [0.2, 0.25) is 0 Å². The summed E-state index contributed by atoms with van der Waals surface area (Å²) in [5.41, 5.74) is 2.83. The van der Waals surface area contributed by atoms with Crippen LogP contribution in [0.15, 0.2) is 53.9 Å². The van der Waals surface area contributed by atoms with E-state index >= 15 is 0 Å². The van der Waals surface area contributed by atoms with E-state index in [1.807, 2.05) is 61.2 Å². The Hall–Kier alpha value is -3.06. The lowest BCUT2D eigenvalue weighted by molar-refractivity contribution is 0.0663. The van der Waals surface area contributed by atoms with Crippen LogP contribution < -0.4 is 0 Å². The van der Waals surface area contributed by atoms with Crippen molar-refractivity contribution >= 4 is 23.0 Å². The van der Waals surface area contributed by atoms with Crippen LogP contribution >= 0.6 is 11.3 Å². The molecule has 4 aromatic rings. The third-order valence-corrected chi connectivity index (χ3v) is 5.77. The number of rotatable bonds is 6. The van der Waals surface area contributed by atoms with E-state index in [-0.39, 0.29) is 17.8 Å². The van der Waals surface area contributed by atoms with Gasteiger partial charge in [-0.25, -0.2) is 9.50 Å². The molecule has 0 bridgehead atoms. The van der Waals surface area contributed by atoms with E-state index in [1.54, 1.807) is 15.9 Å². The number of benzene rings is 1. The molecule has 0 spiro atoms. The smallest absolute Gasteiger partial charge is 0.294 e. The molecule has 0 fully saturated rings. The average Bonchev–Trinajstić information content (AvgIpc) is 3.36. The van der Waals surface area contributed by atoms with Crippen LogP contribution in [0.25, 0.3) is 5.78 Å². The van der Waals surface area contributed by atoms with Gasteiger partial charge in [-0.3, -0.25) is 4.79 Å². The zero-order valence-electron chi connectivity index (χ0n) is 16.7. The van der Waals surface area contributed by atoms with Gasteiger partial charge >= 0.3 is 0 Å². The summed E-state index contributed by atoms with van der Waals surface area (Å²) in [4.78, 5) is 25.4. The van der Waals surface area contributed by atoms with Crippen LogP contribution in [-0.4, -0.2) is 36.4 Å². The van der Waals surface area contributed by atoms with Gasteiger partial charge in [0.15, 0.2) is 0 Å². The SMILES string of the molecule is Cc1cc(C)n2nc(C(=O)N(Cc3ccccc3)[C@H](C)Cc3cccs3)nc2n1. The fourth-order valence-electron chi connectivity index (χ4n) is 3.42. The van der Waals surface area contributed by atoms with Crippen LogP contribution in [0.4, 0.5) is 0 Å². The van der Waals surface area contributed by atoms with Crippen molar-refractivity contribution in [3.63, 3.8) is 0 Å². The highest BCUT2D eigenvalue weighted by Crippen LogP contribution is 2.18. The van der Waals surface area contributed by atoms with Crippen molar-refractivity contribution in [1.29, 1.82) is 0 Å². The fraction of sp³-hybridized carbons (Fsp3) is 0.273. The monoisotopic (exact) mass is 405 g/mol. The highest BCUT2D eigenvalue weighted by molar-refractivity contribution is 7.09. The number of fused-ring (bicyclic) bond motifs is 1. The molecule has 6 nitrogen and oxygen atoms in total. The van der Waals surface area contributed by atoms with Gasteiger partial charge in [-0.1, -0.05) is 36.4 Å². The first-order valence-electron chi connectivity index (χ1n) is 9.59. The minimum atomic E-state index is -0.180. The van der Waals surface area contributed by atoms with Gasteiger partial charge in [-0.05, 0) is 43.8 Å². The van der Waals surface area contributed by atoms with Crippen molar-refractivity contribution in [3.05, 3.63) is 81.6 Å². The molecule has 0 saturated carbocycles. The average molecular weight is 406 g/mol. The third-order valence-electron chi connectivity index (χ3n) is 4.87. The summed E-state index contributed by atoms with van der Waals surface area (Å²) in [5.74, 6) is 0.456. The second-order valence-corrected chi connectivity index (χ2v) is 8.27. The maximum Gasteiger partial charge on any atom is 0.294 e. The molecule has 0 radical (unpaired) electrons. The molecule has 0 unspecified atom stereocenters. The molecule has 0 aliphatic heterocycles. The second kappa shape index (κ2) is 8.13. The van der Waals surface area contributed by atoms with Crippen molar-refractivity contribution in [2.24, 2.45) is 0 Å². The zero-order chi connectivity index (χ0) is 20.4. The number of thiophene rings is 1. The van der Waals surface area contributed by atoms with Gasteiger partial charge in [0.2, 0.25) is 5.82 Å². The molecule has 148 valence electrons. The Morgan fingerprint density at radius 1 is 1.14 bits per heavy atom. The van der Waals surface area contributed by atoms with Crippen molar-refractivity contribution in [1.82, 2.24) is 24.5 Å². The topological polar surface area (TPSA) is 63.4 Å². The van der Waals surface area contributed by atoms with E-state index in [9.17, 15) is 4.79 Å². The summed E-state index contributed by atoms with van der Waals surface area (Å²) < 4.78 is 1.63. The van der Waals surface area contributed by atoms with Crippen LogP contribution in [0.5, 0.6) is 0 Å². The Balaban J connectivity index is 1.67. The van der Waals surface area contributed by atoms with E-state index in [0.29, 0.717) is 12.3 Å². The number of hydrogen-bond donors (Lipinski definition) is 0. The molecule has 1 amide bonds. The van der Waals surface area contributed by atoms with Gasteiger partial charge in [0.25, 0.3) is 11.7 Å². The molecule has 0 aliphatic rings. The summed E-state index contributed by atoms with van der Waals surface area (Å²) >= 11 is 1.71. The number of aryl methyl sites for hydroxylation is 2. The second-order valence-electron chi connectivity index (χ2n) is 7.24. The third kappa shape index (κ3) is 4.19. The molecule has 4 rings (SSSR count). The summed E-state index contributed by atoms with van der Waals surface area (Å²) in [7, 11) is 0. The number of carbonyl (C=O) groups is 1. The Kier molecular flexibility index (Phi) is 5.40. The highest BCUT2D eigenvalue weighted by atomic mass is 32.1. The maximum absolute atomic E-state index is 13.4. The van der Waals surface area contributed by atoms with E-state index in [0.717, 1.165) is 23.4 Å². The molecule has 29 heavy (non-hydrogen) atoms. The Morgan fingerprint density at radius 3 is 2.66 bits per heavy atom. The van der Waals surface area contributed by atoms with Crippen molar-refractivity contribution < 1.29 is 4.79 Å². The minimum Gasteiger partial charge on any atom is -0.328 e. The molecule has 0 N–H and O–H groups in total.